The third kappa shape index (κ3) is 6.48. The van der Waals surface area contributed by atoms with Crippen LogP contribution in [0.5, 0.6) is 0 Å². The van der Waals surface area contributed by atoms with Crippen LogP contribution in [0.4, 0.5) is 23.7 Å². The average Bonchev–Trinajstić information content (AvgIpc) is 3.73. The summed E-state index contributed by atoms with van der Waals surface area (Å²) in [4.78, 5) is 46.0. The predicted molar refractivity (Wildman–Crippen MR) is 152 cm³/mol. The van der Waals surface area contributed by atoms with E-state index in [9.17, 15) is 27.6 Å². The van der Waals surface area contributed by atoms with Crippen LogP contribution in [-0.4, -0.2) is 92.3 Å². The zero-order valence-electron chi connectivity index (χ0n) is 23.5. The van der Waals surface area contributed by atoms with Crippen molar-refractivity contribution in [3.8, 4) is 17.3 Å². The topological polar surface area (TPSA) is 153 Å². The number of anilines is 1. The second kappa shape index (κ2) is 12.5. The summed E-state index contributed by atoms with van der Waals surface area (Å²) in [5, 5.41) is 21.2. The number of benzene rings is 1. The summed E-state index contributed by atoms with van der Waals surface area (Å²) in [6.45, 7) is 2.62. The van der Waals surface area contributed by atoms with Gasteiger partial charge in [0, 0.05) is 57.7 Å². The Balaban J connectivity index is 1.23. The highest BCUT2D eigenvalue weighted by atomic mass is 35.5. The minimum absolute atomic E-state index is 0.0289. The van der Waals surface area contributed by atoms with Crippen molar-refractivity contribution in [2.45, 2.75) is 25.2 Å². The monoisotopic (exact) mass is 632 g/mol. The van der Waals surface area contributed by atoms with Gasteiger partial charge < -0.3 is 30.3 Å². The number of piperazine rings is 1. The molecule has 0 spiro atoms. The number of hydrogen-bond donors (Lipinski definition) is 3. The zero-order chi connectivity index (χ0) is 31.6. The number of carbonyl (C=O) groups excluding carboxylic acids is 3. The molecular formula is C27H28ClF3N10O3. The van der Waals surface area contributed by atoms with Gasteiger partial charge in [-0.1, -0.05) is 11.6 Å². The summed E-state index contributed by atoms with van der Waals surface area (Å²) < 4.78 is 42.9. The van der Waals surface area contributed by atoms with Crippen molar-refractivity contribution in [2.24, 2.45) is 7.05 Å². The van der Waals surface area contributed by atoms with Gasteiger partial charge in [-0.25, -0.2) is 9.78 Å². The molecule has 17 heteroatoms. The van der Waals surface area contributed by atoms with E-state index in [1.165, 1.54) is 29.8 Å². The highest BCUT2D eigenvalue weighted by molar-refractivity contribution is 6.34. The van der Waals surface area contributed by atoms with Crippen LogP contribution in [0.25, 0.3) is 11.3 Å². The van der Waals surface area contributed by atoms with Crippen LogP contribution >= 0.6 is 11.6 Å². The molecule has 0 radical (unpaired) electrons. The summed E-state index contributed by atoms with van der Waals surface area (Å²) in [6.07, 6.45) is -1.74. The molecule has 1 atom stereocenters. The Morgan fingerprint density at radius 1 is 1.18 bits per heavy atom. The molecule has 2 saturated heterocycles. The maximum atomic E-state index is 13.6. The molecule has 5 rings (SSSR count). The van der Waals surface area contributed by atoms with Crippen LogP contribution in [0.3, 0.4) is 0 Å². The molecule has 4 amide bonds. The molecule has 2 fully saturated rings. The second-order valence-electron chi connectivity index (χ2n) is 10.3. The molecule has 2 aromatic heterocycles. The van der Waals surface area contributed by atoms with Crippen molar-refractivity contribution >= 4 is 35.1 Å². The van der Waals surface area contributed by atoms with Gasteiger partial charge in [0.2, 0.25) is 0 Å². The standard InChI is InChI=1S/C27H28ClF3N10O3/c1-38-21(19-15-41(7-5-32)37-22(19)27(29,30)31)14-34-23(38)24(42)35-16-2-3-18(20(28)12-16)25(43)39-8-10-40(11-9-39)26(44)36-17-4-6-33-13-17/h2-3,12,14-15,17,33H,4,6-11,13H2,1H3,(H,35,42)(H,36,44)/t17-/m0/s1. The number of amides is 4. The van der Waals surface area contributed by atoms with Gasteiger partial charge in [0.15, 0.2) is 11.5 Å². The Morgan fingerprint density at radius 3 is 2.55 bits per heavy atom. The molecule has 0 saturated carbocycles. The highest BCUT2D eigenvalue weighted by Crippen LogP contribution is 2.36. The summed E-state index contributed by atoms with van der Waals surface area (Å²) in [6, 6.07) is 6.02. The molecule has 13 nitrogen and oxygen atoms in total. The summed E-state index contributed by atoms with van der Waals surface area (Å²) in [5.74, 6) is -1.24. The first-order chi connectivity index (χ1) is 21.0. The number of rotatable bonds is 6. The fraction of sp³-hybridized carbons (Fsp3) is 0.407. The van der Waals surface area contributed by atoms with E-state index in [0.29, 0.717) is 26.2 Å². The predicted octanol–water partition coefficient (Wildman–Crippen LogP) is 2.56. The lowest BCUT2D eigenvalue weighted by Crippen LogP contribution is -2.54. The first kappa shape index (κ1) is 30.8. The van der Waals surface area contributed by atoms with Crippen molar-refractivity contribution in [2.75, 3.05) is 44.6 Å². The van der Waals surface area contributed by atoms with Gasteiger partial charge in [-0.15, -0.1) is 0 Å². The van der Waals surface area contributed by atoms with E-state index in [1.54, 1.807) is 15.9 Å². The zero-order valence-corrected chi connectivity index (χ0v) is 24.2. The van der Waals surface area contributed by atoms with Gasteiger partial charge >= 0.3 is 12.2 Å². The second-order valence-corrected chi connectivity index (χ2v) is 10.7. The summed E-state index contributed by atoms with van der Waals surface area (Å²) in [5.41, 5.74) is -1.12. The van der Waals surface area contributed by atoms with Crippen LogP contribution in [0.2, 0.25) is 5.02 Å². The van der Waals surface area contributed by atoms with Crippen LogP contribution in [0, 0.1) is 11.3 Å². The number of imidazole rings is 1. The smallest absolute Gasteiger partial charge is 0.335 e. The van der Waals surface area contributed by atoms with Crippen molar-refractivity contribution in [3.63, 3.8) is 0 Å². The molecule has 232 valence electrons. The molecule has 44 heavy (non-hydrogen) atoms. The quantitative estimate of drug-likeness (QED) is 0.378. The van der Waals surface area contributed by atoms with Crippen molar-refractivity contribution in [1.29, 1.82) is 5.26 Å². The van der Waals surface area contributed by atoms with Gasteiger partial charge in [-0.3, -0.25) is 14.3 Å². The number of urea groups is 1. The molecule has 2 aliphatic rings. The van der Waals surface area contributed by atoms with Crippen LogP contribution in [0.15, 0.2) is 30.6 Å². The summed E-state index contributed by atoms with van der Waals surface area (Å²) in [7, 11) is 1.38. The lowest BCUT2D eigenvalue weighted by molar-refractivity contribution is -0.141. The lowest BCUT2D eigenvalue weighted by atomic mass is 10.1. The number of nitrogens with one attached hydrogen (secondary N) is 3. The molecule has 0 unspecified atom stereocenters. The highest BCUT2D eigenvalue weighted by Gasteiger charge is 2.38. The van der Waals surface area contributed by atoms with E-state index in [2.05, 4.69) is 26.0 Å². The Morgan fingerprint density at radius 2 is 1.91 bits per heavy atom. The number of aromatic nitrogens is 4. The average molecular weight is 633 g/mol. The number of halogens is 4. The van der Waals surface area contributed by atoms with E-state index < -0.39 is 17.8 Å². The molecular weight excluding hydrogens is 605 g/mol. The summed E-state index contributed by atoms with van der Waals surface area (Å²) >= 11 is 6.41. The maximum Gasteiger partial charge on any atom is 0.435 e. The minimum Gasteiger partial charge on any atom is -0.335 e. The fourth-order valence-electron chi connectivity index (χ4n) is 5.12. The molecule has 4 heterocycles. The fourth-order valence-corrected chi connectivity index (χ4v) is 5.38. The first-order valence-electron chi connectivity index (χ1n) is 13.7. The Bertz CT molecular complexity index is 1620. The van der Waals surface area contributed by atoms with Crippen molar-refractivity contribution in [3.05, 3.63) is 52.7 Å². The normalized spacial score (nSPS) is 17.0. The maximum absolute atomic E-state index is 13.6. The van der Waals surface area contributed by atoms with Gasteiger partial charge in [-0.05, 0) is 31.2 Å². The Labute approximate surface area is 254 Å². The molecule has 0 bridgehead atoms. The third-order valence-electron chi connectivity index (χ3n) is 7.43. The number of nitriles is 1. The number of alkyl halides is 3. The van der Waals surface area contributed by atoms with Gasteiger partial charge in [0.1, 0.15) is 6.54 Å². The first-order valence-corrected chi connectivity index (χ1v) is 14.0. The molecule has 3 aromatic rings. The molecule has 3 N–H and O–H groups in total. The van der Waals surface area contributed by atoms with Crippen LogP contribution < -0.4 is 16.0 Å². The number of carbonyl (C=O) groups is 3. The molecule has 1 aromatic carbocycles. The minimum atomic E-state index is -4.80. The SMILES string of the molecule is Cn1c(-c2cn(CC#N)nc2C(F)(F)F)cnc1C(=O)Nc1ccc(C(=O)N2CCN(C(=O)N[C@H]3CCNC3)CC2)c(Cl)c1. The molecule has 2 aliphatic heterocycles. The van der Waals surface area contributed by atoms with Crippen LogP contribution in [0.1, 0.15) is 33.1 Å². The third-order valence-corrected chi connectivity index (χ3v) is 7.74. The molecule has 0 aliphatic carbocycles. The van der Waals surface area contributed by atoms with Crippen molar-refractivity contribution in [1.82, 2.24) is 39.8 Å². The van der Waals surface area contributed by atoms with Gasteiger partial charge in [-0.2, -0.15) is 23.5 Å². The van der Waals surface area contributed by atoms with Gasteiger partial charge in [0.05, 0.1) is 34.1 Å². The van der Waals surface area contributed by atoms with Gasteiger partial charge in [0.25, 0.3) is 11.8 Å². The Hall–Kier alpha value is -4.62. The number of hydrogen-bond acceptors (Lipinski definition) is 7. The largest absolute Gasteiger partial charge is 0.435 e. The number of nitrogens with zero attached hydrogens (tertiary/aromatic N) is 7. The van der Waals surface area contributed by atoms with Crippen LogP contribution in [-0.2, 0) is 19.8 Å². The van der Waals surface area contributed by atoms with E-state index in [-0.39, 0.29) is 57.9 Å². The van der Waals surface area contributed by atoms with E-state index in [4.69, 9.17) is 16.9 Å². The van der Waals surface area contributed by atoms with Crippen molar-refractivity contribution < 1.29 is 27.6 Å². The van der Waals surface area contributed by atoms with E-state index in [1.807, 2.05) is 0 Å². The van der Waals surface area contributed by atoms with E-state index in [0.717, 1.165) is 36.6 Å². The Kier molecular flexibility index (Phi) is 8.79. The lowest BCUT2D eigenvalue weighted by Gasteiger charge is -2.35. The van der Waals surface area contributed by atoms with E-state index >= 15 is 0 Å².